The average molecular weight is 239 g/mol. The SMILES string of the molecule is CSCC(NCCC(C)O)c1ccccc1. The fourth-order valence-corrected chi connectivity index (χ4v) is 2.24. The maximum absolute atomic E-state index is 9.22. The Morgan fingerprint density at radius 1 is 1.31 bits per heavy atom. The number of benzene rings is 1. The van der Waals surface area contributed by atoms with Gasteiger partial charge in [-0.25, -0.2) is 0 Å². The summed E-state index contributed by atoms with van der Waals surface area (Å²) in [5.41, 5.74) is 1.32. The molecule has 0 bridgehead atoms. The van der Waals surface area contributed by atoms with E-state index >= 15 is 0 Å². The van der Waals surface area contributed by atoms with Crippen LogP contribution in [0.1, 0.15) is 24.9 Å². The van der Waals surface area contributed by atoms with Crippen LogP contribution in [0.5, 0.6) is 0 Å². The minimum Gasteiger partial charge on any atom is -0.393 e. The van der Waals surface area contributed by atoms with Crippen molar-refractivity contribution < 1.29 is 5.11 Å². The van der Waals surface area contributed by atoms with Gasteiger partial charge in [0.25, 0.3) is 0 Å². The summed E-state index contributed by atoms with van der Waals surface area (Å²) in [6, 6.07) is 10.9. The van der Waals surface area contributed by atoms with Gasteiger partial charge in [-0.2, -0.15) is 11.8 Å². The third-order valence-corrected chi connectivity index (χ3v) is 3.15. The van der Waals surface area contributed by atoms with Crippen LogP contribution in [0.4, 0.5) is 0 Å². The smallest absolute Gasteiger partial charge is 0.0524 e. The lowest BCUT2D eigenvalue weighted by Crippen LogP contribution is -2.26. The first kappa shape index (κ1) is 13.6. The van der Waals surface area contributed by atoms with Gasteiger partial charge in [-0.05, 0) is 31.7 Å². The normalized spacial score (nSPS) is 14.7. The molecule has 0 heterocycles. The highest BCUT2D eigenvalue weighted by Crippen LogP contribution is 2.16. The molecular formula is C13H21NOS. The van der Waals surface area contributed by atoms with E-state index in [0.29, 0.717) is 6.04 Å². The number of thioether (sulfide) groups is 1. The molecule has 0 aliphatic carbocycles. The first-order valence-corrected chi connectivity index (χ1v) is 7.08. The molecule has 2 nitrogen and oxygen atoms in total. The number of aliphatic hydroxyl groups is 1. The van der Waals surface area contributed by atoms with Crippen LogP contribution >= 0.6 is 11.8 Å². The molecule has 1 rings (SSSR count). The minimum atomic E-state index is -0.224. The highest BCUT2D eigenvalue weighted by molar-refractivity contribution is 7.98. The summed E-state index contributed by atoms with van der Waals surface area (Å²) < 4.78 is 0. The quantitative estimate of drug-likeness (QED) is 0.766. The van der Waals surface area contributed by atoms with Crippen LogP contribution in [0.2, 0.25) is 0 Å². The zero-order chi connectivity index (χ0) is 11.8. The van der Waals surface area contributed by atoms with Gasteiger partial charge in [0.15, 0.2) is 0 Å². The monoisotopic (exact) mass is 239 g/mol. The molecule has 3 heteroatoms. The van der Waals surface area contributed by atoms with Crippen molar-refractivity contribution in [3.63, 3.8) is 0 Å². The number of rotatable bonds is 7. The van der Waals surface area contributed by atoms with E-state index in [0.717, 1.165) is 18.7 Å². The van der Waals surface area contributed by atoms with Crippen molar-refractivity contribution in [1.82, 2.24) is 5.32 Å². The maximum Gasteiger partial charge on any atom is 0.0524 e. The molecule has 1 aromatic rings. The topological polar surface area (TPSA) is 32.3 Å². The van der Waals surface area contributed by atoms with E-state index in [-0.39, 0.29) is 6.10 Å². The molecule has 0 saturated heterocycles. The van der Waals surface area contributed by atoms with Gasteiger partial charge >= 0.3 is 0 Å². The summed E-state index contributed by atoms with van der Waals surface area (Å²) in [7, 11) is 0. The summed E-state index contributed by atoms with van der Waals surface area (Å²) in [6.45, 7) is 2.69. The van der Waals surface area contributed by atoms with Gasteiger partial charge in [-0.1, -0.05) is 30.3 Å². The lowest BCUT2D eigenvalue weighted by Gasteiger charge is -2.18. The first-order valence-electron chi connectivity index (χ1n) is 5.69. The summed E-state index contributed by atoms with van der Waals surface area (Å²) in [5, 5.41) is 12.7. The lowest BCUT2D eigenvalue weighted by atomic mass is 10.1. The van der Waals surface area contributed by atoms with Crippen molar-refractivity contribution in [1.29, 1.82) is 0 Å². The molecule has 0 radical (unpaired) electrons. The zero-order valence-electron chi connectivity index (χ0n) is 10.0. The molecule has 16 heavy (non-hydrogen) atoms. The standard InChI is InChI=1S/C13H21NOS/c1-11(15)8-9-14-13(10-16-2)12-6-4-3-5-7-12/h3-7,11,13-15H,8-10H2,1-2H3. The third kappa shape index (κ3) is 5.01. The van der Waals surface area contributed by atoms with Gasteiger partial charge in [0.05, 0.1) is 6.10 Å². The van der Waals surface area contributed by atoms with Gasteiger partial charge in [0, 0.05) is 11.8 Å². The Kier molecular flexibility index (Phi) is 6.53. The average Bonchev–Trinajstić information content (AvgIpc) is 2.29. The highest BCUT2D eigenvalue weighted by Gasteiger charge is 2.09. The second-order valence-electron chi connectivity index (χ2n) is 4.01. The Morgan fingerprint density at radius 3 is 2.56 bits per heavy atom. The van der Waals surface area contributed by atoms with Crippen LogP contribution in [0.25, 0.3) is 0 Å². The number of hydrogen-bond acceptors (Lipinski definition) is 3. The van der Waals surface area contributed by atoms with Crippen molar-refractivity contribution in [2.75, 3.05) is 18.6 Å². The highest BCUT2D eigenvalue weighted by atomic mass is 32.2. The van der Waals surface area contributed by atoms with E-state index in [9.17, 15) is 5.11 Å². The molecule has 2 N–H and O–H groups in total. The Hall–Kier alpha value is -0.510. The van der Waals surface area contributed by atoms with Gasteiger partial charge in [-0.3, -0.25) is 0 Å². The van der Waals surface area contributed by atoms with Crippen LogP contribution in [0.15, 0.2) is 30.3 Å². The van der Waals surface area contributed by atoms with E-state index in [1.54, 1.807) is 0 Å². The molecular weight excluding hydrogens is 218 g/mol. The molecule has 2 atom stereocenters. The fraction of sp³-hybridized carbons (Fsp3) is 0.538. The van der Waals surface area contributed by atoms with Crippen molar-refractivity contribution in [2.24, 2.45) is 0 Å². The molecule has 0 spiro atoms. The Bertz CT molecular complexity index is 277. The second-order valence-corrected chi connectivity index (χ2v) is 4.92. The Morgan fingerprint density at radius 2 is 2.00 bits per heavy atom. The molecule has 1 aromatic carbocycles. The number of aliphatic hydroxyl groups excluding tert-OH is 1. The number of nitrogens with one attached hydrogen (secondary N) is 1. The van der Waals surface area contributed by atoms with Crippen LogP contribution in [-0.2, 0) is 0 Å². The molecule has 90 valence electrons. The molecule has 0 aliphatic heterocycles. The van der Waals surface area contributed by atoms with E-state index in [1.807, 2.05) is 24.8 Å². The van der Waals surface area contributed by atoms with Crippen molar-refractivity contribution in [2.45, 2.75) is 25.5 Å². The van der Waals surface area contributed by atoms with Crippen LogP contribution < -0.4 is 5.32 Å². The van der Waals surface area contributed by atoms with Gasteiger partial charge in [0.1, 0.15) is 0 Å². The third-order valence-electron chi connectivity index (χ3n) is 2.49. The van der Waals surface area contributed by atoms with Crippen LogP contribution in [0, 0.1) is 0 Å². The Balaban J connectivity index is 2.48. The van der Waals surface area contributed by atoms with Gasteiger partial charge in [-0.15, -0.1) is 0 Å². The zero-order valence-corrected chi connectivity index (χ0v) is 10.8. The van der Waals surface area contributed by atoms with Crippen molar-refractivity contribution >= 4 is 11.8 Å². The predicted molar refractivity (Wildman–Crippen MR) is 71.9 cm³/mol. The van der Waals surface area contributed by atoms with Crippen molar-refractivity contribution in [3.8, 4) is 0 Å². The van der Waals surface area contributed by atoms with E-state index in [2.05, 4.69) is 35.8 Å². The summed E-state index contributed by atoms with van der Waals surface area (Å²) in [4.78, 5) is 0. The molecule has 0 amide bonds. The molecule has 0 aliphatic rings. The van der Waals surface area contributed by atoms with Gasteiger partial charge < -0.3 is 10.4 Å². The predicted octanol–water partition coefficient (Wildman–Crippen LogP) is 2.45. The Labute approximate surface area is 102 Å². The largest absolute Gasteiger partial charge is 0.393 e. The maximum atomic E-state index is 9.22. The van der Waals surface area contributed by atoms with Crippen LogP contribution in [-0.4, -0.2) is 29.8 Å². The molecule has 0 saturated carbocycles. The van der Waals surface area contributed by atoms with E-state index < -0.39 is 0 Å². The summed E-state index contributed by atoms with van der Waals surface area (Å²) in [6.07, 6.45) is 2.70. The molecule has 0 fully saturated rings. The van der Waals surface area contributed by atoms with Gasteiger partial charge in [0.2, 0.25) is 0 Å². The minimum absolute atomic E-state index is 0.224. The molecule has 0 aromatic heterocycles. The fourth-order valence-electron chi connectivity index (χ4n) is 1.59. The van der Waals surface area contributed by atoms with E-state index in [1.165, 1.54) is 5.56 Å². The summed E-state index contributed by atoms with van der Waals surface area (Å²) in [5.74, 6) is 1.06. The first-order chi connectivity index (χ1) is 7.74. The van der Waals surface area contributed by atoms with Crippen molar-refractivity contribution in [3.05, 3.63) is 35.9 Å². The second kappa shape index (κ2) is 7.71. The lowest BCUT2D eigenvalue weighted by molar-refractivity contribution is 0.182. The summed E-state index contributed by atoms with van der Waals surface area (Å²) >= 11 is 1.84. The molecule has 2 unspecified atom stereocenters. The van der Waals surface area contributed by atoms with E-state index in [4.69, 9.17) is 0 Å². The number of hydrogen-bond donors (Lipinski definition) is 2. The van der Waals surface area contributed by atoms with Crippen LogP contribution in [0.3, 0.4) is 0 Å².